The van der Waals surface area contributed by atoms with Crippen LogP contribution in [-0.4, -0.2) is 95.9 Å². The Hall–Kier alpha value is -2.61. The molecule has 27 heteroatoms. The lowest BCUT2D eigenvalue weighted by Crippen LogP contribution is -2.54. The first-order chi connectivity index (χ1) is 21.1. The van der Waals surface area contributed by atoms with E-state index in [-0.39, 0.29) is 22.5 Å². The molecule has 268 valence electrons. The topological polar surface area (TPSA) is 370 Å². The molecule has 0 saturated heterocycles. The molecule has 0 spiro atoms. The summed E-state index contributed by atoms with van der Waals surface area (Å²) in [5.41, 5.74) is 12.5. The molecule has 2 aromatic rings. The van der Waals surface area contributed by atoms with Crippen LogP contribution in [0, 0.1) is 13.8 Å². The lowest BCUT2D eigenvalue weighted by atomic mass is 9.81. The summed E-state index contributed by atoms with van der Waals surface area (Å²) >= 11 is 0. The van der Waals surface area contributed by atoms with Crippen LogP contribution in [0.15, 0.2) is 36.4 Å². The average molecular weight is 777 g/mol. The fourth-order valence-corrected chi connectivity index (χ4v) is 6.41. The first kappa shape index (κ1) is 40.6. The van der Waals surface area contributed by atoms with Gasteiger partial charge < -0.3 is 11.5 Å². The van der Waals surface area contributed by atoms with Gasteiger partial charge in [0, 0.05) is 17.3 Å². The van der Waals surface area contributed by atoms with Crippen molar-refractivity contribution in [3.63, 3.8) is 0 Å². The summed E-state index contributed by atoms with van der Waals surface area (Å²) in [7, 11) is -29.4. The fraction of sp³-hybridized carbons (Fsp3) is 0.400. The van der Waals surface area contributed by atoms with Gasteiger partial charge in [-0.05, 0) is 48.2 Å². The monoisotopic (exact) mass is 776 g/mol. The number of hydrogen-bond acceptors (Lipinski definition) is 17. The molecule has 0 fully saturated rings. The van der Waals surface area contributed by atoms with Crippen molar-refractivity contribution >= 4 is 63.4 Å². The molecule has 0 amide bonds. The smallest absolute Gasteiger partial charge is 0.397 e. The van der Waals surface area contributed by atoms with Gasteiger partial charge in [-0.1, -0.05) is 24.3 Å². The van der Waals surface area contributed by atoms with Crippen molar-refractivity contribution in [3.8, 4) is 0 Å². The molecule has 2 rings (SSSR count). The number of nitrogens with two attached hydrogens (primary N) is 2. The van der Waals surface area contributed by atoms with E-state index in [9.17, 15) is 60.3 Å². The highest BCUT2D eigenvalue weighted by Crippen LogP contribution is 2.38. The van der Waals surface area contributed by atoms with Crippen molar-refractivity contribution in [2.24, 2.45) is 0 Å². The van der Waals surface area contributed by atoms with E-state index in [0.717, 1.165) is 12.1 Å². The van der Waals surface area contributed by atoms with Crippen LogP contribution in [0.2, 0.25) is 0 Å². The van der Waals surface area contributed by atoms with Crippen LogP contribution in [0.5, 0.6) is 0 Å². The molecule has 0 aromatic heterocycles. The molecule has 0 heterocycles. The molecule has 0 aliphatic carbocycles. The third-order valence-electron chi connectivity index (χ3n) is 5.99. The summed E-state index contributed by atoms with van der Waals surface area (Å²) in [6.07, 6.45) is -12.3. The van der Waals surface area contributed by atoms with Gasteiger partial charge in [-0.2, -0.15) is 42.1 Å². The van der Waals surface area contributed by atoms with Gasteiger partial charge >= 0.3 is 52.0 Å². The van der Waals surface area contributed by atoms with Crippen LogP contribution >= 0.6 is 0 Å². The van der Waals surface area contributed by atoms with E-state index < -0.39 is 88.9 Å². The fourth-order valence-electron chi connectivity index (χ4n) is 4.11. The van der Waals surface area contributed by atoms with E-state index in [1.807, 2.05) is 0 Å². The van der Waals surface area contributed by atoms with E-state index in [4.69, 9.17) is 20.2 Å². The number of nitrogen functional groups attached to an aromatic ring is 2. The van der Waals surface area contributed by atoms with Crippen LogP contribution in [0.25, 0.3) is 0 Å². The minimum absolute atomic E-state index is 0.00897. The SMILES string of the molecule is Cc1ccc(C(c2ccc(C)c(N)c2)C(OS(=O)(=O)O)C(OS(=O)(=O)O)C(OS(=O)(=O)O)C(COS(=O)(=O)O)OS(=O)(=O)O)cc1N. The average Bonchev–Trinajstić information content (AvgIpc) is 2.84. The molecular weight excluding hydrogens is 749 g/mol. The van der Waals surface area contributed by atoms with Crippen LogP contribution in [0.3, 0.4) is 0 Å². The molecule has 9 N–H and O–H groups in total. The second-order valence-electron chi connectivity index (χ2n) is 9.45. The van der Waals surface area contributed by atoms with Crippen LogP contribution in [0.4, 0.5) is 11.4 Å². The van der Waals surface area contributed by atoms with E-state index in [2.05, 4.69) is 16.7 Å². The van der Waals surface area contributed by atoms with Crippen molar-refractivity contribution in [1.29, 1.82) is 0 Å². The summed E-state index contributed by atoms with van der Waals surface area (Å²) in [4.78, 5) is 0. The lowest BCUT2D eigenvalue weighted by Gasteiger charge is -2.37. The quantitative estimate of drug-likeness (QED) is 0.0761. The highest BCUT2D eigenvalue weighted by atomic mass is 32.3. The van der Waals surface area contributed by atoms with Crippen LogP contribution in [0.1, 0.15) is 28.2 Å². The zero-order chi connectivity index (χ0) is 36.3. The minimum atomic E-state index is -6.02. The first-order valence-electron chi connectivity index (χ1n) is 12.0. The standard InChI is InChI=1S/C20H28N2O20S5/c1-10-3-5-12(7-14(10)21)17(13-6-4-11(2)15(22)8-13)19(41-46(32,33)34)20(42-47(35,36)37)18(40-45(29,30)31)16(39-44(26,27)28)9-38-43(23,24)25/h3-8,16-20H,9,21-22H2,1-2H3,(H,23,24,25)(H,26,27,28)(H,29,30,31)(H,32,33,34)(H,35,36,37). The molecular formula is C20H28N2O20S5. The molecule has 22 nitrogen and oxygen atoms in total. The van der Waals surface area contributed by atoms with Gasteiger partial charge in [0.15, 0.2) is 0 Å². The predicted octanol–water partition coefficient (Wildman–Crippen LogP) is -0.829. The second-order valence-corrected chi connectivity index (χ2v) is 14.7. The van der Waals surface area contributed by atoms with Gasteiger partial charge in [0.1, 0.15) is 24.4 Å². The number of rotatable bonds is 17. The van der Waals surface area contributed by atoms with Crippen molar-refractivity contribution in [1.82, 2.24) is 0 Å². The van der Waals surface area contributed by atoms with Crippen molar-refractivity contribution < 1.29 is 85.8 Å². The number of anilines is 2. The Morgan fingerprint density at radius 1 is 0.553 bits per heavy atom. The summed E-state index contributed by atoms with van der Waals surface area (Å²) < 4.78 is 187. The Bertz CT molecular complexity index is 1950. The zero-order valence-corrected chi connectivity index (χ0v) is 27.7. The van der Waals surface area contributed by atoms with E-state index >= 15 is 0 Å². The highest BCUT2D eigenvalue weighted by Gasteiger charge is 2.50. The van der Waals surface area contributed by atoms with Crippen molar-refractivity contribution in [3.05, 3.63) is 58.7 Å². The van der Waals surface area contributed by atoms with Gasteiger partial charge in [0.25, 0.3) is 0 Å². The Balaban J connectivity index is 3.14. The third-order valence-corrected chi connectivity index (χ3v) is 8.31. The molecule has 0 aliphatic rings. The second kappa shape index (κ2) is 14.9. The van der Waals surface area contributed by atoms with E-state index in [1.54, 1.807) is 0 Å². The van der Waals surface area contributed by atoms with Gasteiger partial charge in [-0.3, -0.25) is 22.8 Å². The molecule has 4 atom stereocenters. The van der Waals surface area contributed by atoms with Crippen molar-refractivity contribution in [2.75, 3.05) is 18.1 Å². The maximum absolute atomic E-state index is 12.2. The van der Waals surface area contributed by atoms with Gasteiger partial charge in [-0.15, -0.1) is 0 Å². The zero-order valence-electron chi connectivity index (χ0n) is 23.6. The molecule has 4 unspecified atom stereocenters. The number of benzene rings is 2. The third kappa shape index (κ3) is 13.8. The predicted molar refractivity (Wildman–Crippen MR) is 156 cm³/mol. The maximum atomic E-state index is 12.2. The van der Waals surface area contributed by atoms with Crippen LogP contribution in [-0.2, 0) is 72.9 Å². The Morgan fingerprint density at radius 2 is 0.915 bits per heavy atom. The summed E-state index contributed by atoms with van der Waals surface area (Å²) in [5.74, 6) is -1.89. The molecule has 2 aromatic carbocycles. The molecule has 0 saturated carbocycles. The summed E-state index contributed by atoms with van der Waals surface area (Å²) in [5, 5.41) is 0. The summed E-state index contributed by atoms with van der Waals surface area (Å²) in [6.45, 7) is 1.11. The highest BCUT2D eigenvalue weighted by molar-refractivity contribution is 7.82. The Morgan fingerprint density at radius 3 is 1.26 bits per heavy atom. The number of hydrogen-bond donors (Lipinski definition) is 7. The molecule has 47 heavy (non-hydrogen) atoms. The van der Waals surface area contributed by atoms with E-state index in [1.165, 1.54) is 38.1 Å². The van der Waals surface area contributed by atoms with Crippen molar-refractivity contribution in [2.45, 2.75) is 44.2 Å². The number of aryl methyl sites for hydroxylation is 2. The van der Waals surface area contributed by atoms with Gasteiger partial charge in [0.2, 0.25) is 0 Å². The normalized spacial score (nSPS) is 16.1. The Labute approximate surface area is 269 Å². The van der Waals surface area contributed by atoms with E-state index in [0.29, 0.717) is 11.1 Å². The maximum Gasteiger partial charge on any atom is 0.397 e. The largest absolute Gasteiger partial charge is 0.399 e. The molecule has 0 bridgehead atoms. The Kier molecular flexibility index (Phi) is 12.8. The molecule has 0 aliphatic heterocycles. The lowest BCUT2D eigenvalue weighted by molar-refractivity contribution is -0.0824. The summed E-state index contributed by atoms with van der Waals surface area (Å²) in [6, 6.07) is 7.43. The van der Waals surface area contributed by atoms with Gasteiger partial charge in [-0.25, -0.2) is 20.9 Å². The van der Waals surface area contributed by atoms with Crippen LogP contribution < -0.4 is 11.5 Å². The minimum Gasteiger partial charge on any atom is -0.399 e. The van der Waals surface area contributed by atoms with Gasteiger partial charge in [0.05, 0.1) is 6.61 Å². The molecule has 0 radical (unpaired) electrons. The first-order valence-corrected chi connectivity index (χ1v) is 18.8.